The molecule has 0 saturated carbocycles. The summed E-state index contributed by atoms with van der Waals surface area (Å²) in [6, 6.07) is 28.5. The average Bonchev–Trinajstić information content (AvgIpc) is 3.77. The van der Waals surface area contributed by atoms with Gasteiger partial charge in [0.2, 0.25) is 17.7 Å². The summed E-state index contributed by atoms with van der Waals surface area (Å²) in [6.45, 7) is 9.69. The molecule has 75 heavy (non-hydrogen) atoms. The molecular weight excluding hydrogens is 1100 g/mol. The number of aryl methyl sites for hydroxylation is 1. The Kier molecular flexibility index (Phi) is 18.4. The van der Waals surface area contributed by atoms with Crippen LogP contribution in [0.4, 0.5) is 30.8 Å². The number of fused-ring (bicyclic) bond motifs is 1. The van der Waals surface area contributed by atoms with Gasteiger partial charge in [-0.2, -0.15) is 18.2 Å². The number of nitrogens with one attached hydrogen (secondary N) is 3. The predicted octanol–water partition coefficient (Wildman–Crippen LogP) is 11.1. The Bertz CT molecular complexity index is 3530. The number of nitrogens with zero attached hydrogens (tertiary/aromatic N) is 3. The highest BCUT2D eigenvalue weighted by Crippen LogP contribution is 2.33. The van der Waals surface area contributed by atoms with Crippen molar-refractivity contribution in [2.45, 2.75) is 90.0 Å². The second-order valence-electron chi connectivity index (χ2n) is 17.6. The first-order valence-electron chi connectivity index (χ1n) is 22.0. The highest BCUT2D eigenvalue weighted by atomic mass is 35.5. The molecule has 0 aliphatic carbocycles. The van der Waals surface area contributed by atoms with Gasteiger partial charge in [0, 0.05) is 27.5 Å². The molecule has 0 saturated heterocycles. The van der Waals surface area contributed by atoms with Crippen molar-refractivity contribution in [1.82, 2.24) is 15.0 Å². The third-order valence-corrected chi connectivity index (χ3v) is 19.4. The Labute approximate surface area is 446 Å². The highest BCUT2D eigenvalue weighted by molar-refractivity contribution is 7.94. The number of hydrogen-bond donors (Lipinski definition) is 3. The van der Waals surface area contributed by atoms with Gasteiger partial charge >= 0.3 is 12.2 Å². The van der Waals surface area contributed by atoms with E-state index >= 15 is 0 Å². The number of benzene rings is 4. The number of halogens is 6. The molecule has 0 fully saturated rings. The Morgan fingerprint density at radius 1 is 0.533 bits per heavy atom. The summed E-state index contributed by atoms with van der Waals surface area (Å²) < 4.78 is 115. The van der Waals surface area contributed by atoms with Crippen molar-refractivity contribution in [3.8, 4) is 0 Å². The average molecular weight is 1150 g/mol. The Morgan fingerprint density at radius 2 is 0.907 bits per heavy atom. The number of amides is 3. The molecule has 0 radical (unpaired) electrons. The fourth-order valence-electron chi connectivity index (χ4n) is 6.24. The predicted molar refractivity (Wildman–Crippen MR) is 281 cm³/mol. The Hall–Kier alpha value is -6.43. The number of sulfone groups is 3. The highest BCUT2D eigenvalue weighted by Gasteiger charge is 2.45. The largest absolute Gasteiger partial charge is 0.423 e. The minimum absolute atomic E-state index is 0.00890. The van der Waals surface area contributed by atoms with Crippen LogP contribution in [0.3, 0.4) is 0 Å². The van der Waals surface area contributed by atoms with Crippen molar-refractivity contribution in [3.63, 3.8) is 0 Å². The van der Waals surface area contributed by atoms with E-state index in [4.69, 9.17) is 39.2 Å². The molecule has 25 heteroatoms. The summed E-state index contributed by atoms with van der Waals surface area (Å²) in [7, 11) is -12.0. The molecule has 0 aliphatic heterocycles. The molecule has 16 nitrogen and oxygen atoms in total. The summed E-state index contributed by atoms with van der Waals surface area (Å²) in [5.41, 5.74) is 1.05. The van der Waals surface area contributed by atoms with Gasteiger partial charge in [-0.05, 0) is 163 Å². The van der Waals surface area contributed by atoms with E-state index in [2.05, 4.69) is 30.9 Å². The minimum atomic E-state index is -4.62. The number of para-hydroxylation sites is 2. The molecule has 7 aromatic rings. The minimum Gasteiger partial charge on any atom is -0.423 e. The number of anilines is 3. The zero-order valence-corrected chi connectivity index (χ0v) is 45.5. The maximum absolute atomic E-state index is 12.8. The zero-order chi connectivity index (χ0) is 56.0. The number of carbonyl (C=O) groups excluding carboxylic acids is 3. The molecule has 3 heterocycles. The zero-order valence-electron chi connectivity index (χ0n) is 40.8. The first-order valence-corrected chi connectivity index (χ1v) is 27.6. The Morgan fingerprint density at radius 3 is 1.29 bits per heavy atom. The van der Waals surface area contributed by atoms with Crippen molar-refractivity contribution in [2.24, 2.45) is 0 Å². The normalized spacial score (nSPS) is 12.3. The van der Waals surface area contributed by atoms with Gasteiger partial charge in [-0.1, -0.05) is 53.9 Å². The van der Waals surface area contributed by atoms with Crippen LogP contribution in [0.5, 0.6) is 0 Å². The lowest BCUT2D eigenvalue weighted by molar-refractivity contribution is -0.137. The standard InChI is InChI=1S/C17H15ClN2O4S.C17H19ClN2O3S.C16H14ClF3N2O3S/c1-17(2,25(22,23)12-9-7-11(18)8-10-12)15(21)20-16-19-13-5-3-4-6-14(13)24-16;1-4-12-9-10-19-15(11-12)20-16(21)17(2,3)24(22,23)14-7-5-13(18)6-8-14;1-15(2,26(24,25)12-5-3-11(17)4-6-12)14(23)22-13-9-10(7-8-21-13)16(18,19)20/h3-10H,1-2H3,(H,19,20,21);5-11H,4H2,1-3H3,(H,19,20,21);3-9H,1-2H3,(H,21,22,23). The van der Waals surface area contributed by atoms with Gasteiger partial charge in [0.05, 0.1) is 20.2 Å². The number of hydrogen-bond acceptors (Lipinski definition) is 13. The van der Waals surface area contributed by atoms with Gasteiger partial charge in [0.15, 0.2) is 35.1 Å². The van der Waals surface area contributed by atoms with Crippen LogP contribution in [0.2, 0.25) is 15.1 Å². The molecule has 0 atom stereocenters. The smallest absolute Gasteiger partial charge is 0.416 e. The number of aromatic nitrogens is 3. The lowest BCUT2D eigenvalue weighted by atomic mass is 10.2. The maximum atomic E-state index is 12.8. The topological polar surface area (TPSA) is 242 Å². The maximum Gasteiger partial charge on any atom is 0.416 e. The van der Waals surface area contributed by atoms with Crippen molar-refractivity contribution in [3.05, 3.63) is 160 Å². The molecule has 0 spiro atoms. The van der Waals surface area contributed by atoms with Gasteiger partial charge in [-0.3, -0.25) is 19.7 Å². The molecule has 3 aromatic heterocycles. The number of carbonyl (C=O) groups is 3. The summed E-state index contributed by atoms with van der Waals surface area (Å²) in [6.07, 6.45) is -1.38. The molecule has 3 N–H and O–H groups in total. The summed E-state index contributed by atoms with van der Waals surface area (Å²) >= 11 is 17.3. The summed E-state index contributed by atoms with van der Waals surface area (Å²) in [5, 5.41) is 8.31. The van der Waals surface area contributed by atoms with Crippen LogP contribution < -0.4 is 16.0 Å². The van der Waals surface area contributed by atoms with Crippen LogP contribution in [0.25, 0.3) is 11.1 Å². The second-order valence-corrected chi connectivity index (χ2v) is 26.4. The summed E-state index contributed by atoms with van der Waals surface area (Å²) in [4.78, 5) is 49.3. The Balaban J connectivity index is 0.000000208. The SMILES string of the molecule is CC(C)(C(=O)Nc1cc(C(F)(F)F)ccn1)S(=O)(=O)c1ccc(Cl)cc1.CC(C)(C(=O)Nc1nc2ccccc2o1)S(=O)(=O)c1ccc(Cl)cc1.CCc1ccnc(NC(=O)C(C)(C)S(=O)(=O)c2ccc(Cl)cc2)c1. The lowest BCUT2D eigenvalue weighted by Gasteiger charge is -2.23. The van der Waals surface area contributed by atoms with Gasteiger partial charge < -0.3 is 15.1 Å². The number of oxazole rings is 1. The van der Waals surface area contributed by atoms with Crippen LogP contribution in [0, 0.1) is 0 Å². The van der Waals surface area contributed by atoms with Crippen LogP contribution in [-0.4, -0.2) is 72.2 Å². The molecule has 0 unspecified atom stereocenters. The molecular formula is C50H48Cl3F3N6O10S3. The van der Waals surface area contributed by atoms with Crippen LogP contribution in [0.15, 0.2) is 153 Å². The molecule has 0 bridgehead atoms. The van der Waals surface area contributed by atoms with Crippen LogP contribution >= 0.6 is 34.8 Å². The fraction of sp³-hybridized carbons (Fsp3) is 0.240. The van der Waals surface area contributed by atoms with E-state index in [1.54, 1.807) is 36.5 Å². The first kappa shape index (κ1) is 59.4. The van der Waals surface area contributed by atoms with E-state index in [0.717, 1.165) is 38.1 Å². The van der Waals surface area contributed by atoms with E-state index in [9.17, 15) is 52.8 Å². The molecule has 3 amide bonds. The summed E-state index contributed by atoms with van der Waals surface area (Å²) in [5.74, 6) is -2.46. The number of alkyl halides is 3. The lowest BCUT2D eigenvalue weighted by Crippen LogP contribution is -2.44. The van der Waals surface area contributed by atoms with Crippen molar-refractivity contribution in [1.29, 1.82) is 0 Å². The van der Waals surface area contributed by atoms with E-state index in [-0.39, 0.29) is 20.7 Å². The van der Waals surface area contributed by atoms with Gasteiger partial charge in [0.1, 0.15) is 31.4 Å². The monoisotopic (exact) mass is 1150 g/mol. The quantitative estimate of drug-likeness (QED) is 0.0974. The first-order chi connectivity index (χ1) is 34.7. The van der Waals surface area contributed by atoms with Gasteiger partial charge in [-0.25, -0.2) is 35.2 Å². The molecule has 0 aliphatic rings. The van der Waals surface area contributed by atoms with Gasteiger partial charge in [-0.15, -0.1) is 0 Å². The molecule has 398 valence electrons. The second kappa shape index (κ2) is 23.2. The third-order valence-electron chi connectivity index (χ3n) is 11.3. The number of rotatable bonds is 13. The molecule has 4 aromatic carbocycles. The van der Waals surface area contributed by atoms with Gasteiger partial charge in [0.25, 0.3) is 0 Å². The molecule has 7 rings (SSSR count). The van der Waals surface area contributed by atoms with Crippen molar-refractivity contribution >= 4 is 111 Å². The number of pyridine rings is 2. The van der Waals surface area contributed by atoms with Crippen molar-refractivity contribution < 1.29 is 57.2 Å². The van der Waals surface area contributed by atoms with Crippen LogP contribution in [0.1, 0.15) is 59.6 Å². The van der Waals surface area contributed by atoms with Crippen LogP contribution in [-0.2, 0) is 56.5 Å². The third kappa shape index (κ3) is 13.7. The van der Waals surface area contributed by atoms with E-state index in [1.165, 1.54) is 100 Å². The van der Waals surface area contributed by atoms with E-state index in [1.807, 2.05) is 13.0 Å². The fourth-order valence-corrected chi connectivity index (χ4v) is 10.8. The van der Waals surface area contributed by atoms with E-state index < -0.39 is 79.0 Å². The van der Waals surface area contributed by atoms with E-state index in [0.29, 0.717) is 38.1 Å². The van der Waals surface area contributed by atoms with Crippen molar-refractivity contribution in [2.75, 3.05) is 16.0 Å².